The van der Waals surface area contributed by atoms with E-state index in [4.69, 9.17) is 12.2 Å². The second kappa shape index (κ2) is 5.33. The molecule has 0 bridgehead atoms. The van der Waals surface area contributed by atoms with Crippen molar-refractivity contribution in [1.82, 2.24) is 4.90 Å². The second-order valence-corrected chi connectivity index (χ2v) is 6.07. The lowest BCUT2D eigenvalue weighted by atomic mass is 10.2. The van der Waals surface area contributed by atoms with Gasteiger partial charge < -0.3 is 0 Å². The molecule has 1 aromatic rings. The molecular formula is C12H10BrNOS2. The quantitative estimate of drug-likeness (QED) is 0.610. The molecule has 1 saturated heterocycles. The van der Waals surface area contributed by atoms with Gasteiger partial charge in [-0.2, -0.15) is 0 Å². The lowest BCUT2D eigenvalue weighted by molar-refractivity contribution is -0.121. The van der Waals surface area contributed by atoms with Crippen molar-refractivity contribution in [2.75, 3.05) is 6.54 Å². The van der Waals surface area contributed by atoms with E-state index in [1.54, 1.807) is 4.90 Å². The van der Waals surface area contributed by atoms with Gasteiger partial charge in [0.25, 0.3) is 5.91 Å². The summed E-state index contributed by atoms with van der Waals surface area (Å²) in [4.78, 5) is 14.3. The monoisotopic (exact) mass is 327 g/mol. The van der Waals surface area contributed by atoms with Crippen LogP contribution in [-0.4, -0.2) is 21.7 Å². The smallest absolute Gasteiger partial charge is 0.266 e. The predicted octanol–water partition coefficient (Wildman–Crippen LogP) is 3.67. The molecule has 0 aliphatic carbocycles. The first-order valence-electron chi connectivity index (χ1n) is 5.12. The molecule has 1 aliphatic rings. The Morgan fingerprint density at radius 2 is 2.29 bits per heavy atom. The number of thioether (sulfide) groups is 1. The Bertz CT molecular complexity index is 513. The summed E-state index contributed by atoms with van der Waals surface area (Å²) in [5.74, 6) is 0.00229. The number of hydrogen-bond acceptors (Lipinski definition) is 3. The van der Waals surface area contributed by atoms with Crippen molar-refractivity contribution in [2.45, 2.75) is 6.92 Å². The normalized spacial score (nSPS) is 18.2. The van der Waals surface area contributed by atoms with E-state index in [2.05, 4.69) is 15.9 Å². The minimum absolute atomic E-state index is 0.00229. The first-order chi connectivity index (χ1) is 8.11. The van der Waals surface area contributed by atoms with E-state index in [-0.39, 0.29) is 5.91 Å². The maximum atomic E-state index is 12.0. The van der Waals surface area contributed by atoms with Crippen LogP contribution in [0.4, 0.5) is 0 Å². The van der Waals surface area contributed by atoms with Crippen LogP contribution in [0.2, 0.25) is 0 Å². The topological polar surface area (TPSA) is 20.3 Å². The highest BCUT2D eigenvalue weighted by Crippen LogP contribution is 2.32. The number of carbonyl (C=O) groups is 1. The van der Waals surface area contributed by atoms with Crippen molar-refractivity contribution in [2.24, 2.45) is 0 Å². The molecular weight excluding hydrogens is 318 g/mol. The summed E-state index contributed by atoms with van der Waals surface area (Å²) < 4.78 is 1.64. The van der Waals surface area contributed by atoms with E-state index in [1.165, 1.54) is 11.8 Å². The van der Waals surface area contributed by atoms with E-state index in [0.717, 1.165) is 10.0 Å². The number of nitrogens with zero attached hydrogens (tertiary/aromatic N) is 1. The molecule has 17 heavy (non-hydrogen) atoms. The molecule has 0 saturated carbocycles. The fourth-order valence-electron chi connectivity index (χ4n) is 1.52. The van der Waals surface area contributed by atoms with E-state index >= 15 is 0 Å². The third-order valence-corrected chi connectivity index (χ3v) is 4.21. The van der Waals surface area contributed by atoms with E-state index in [0.29, 0.717) is 15.8 Å². The van der Waals surface area contributed by atoms with Gasteiger partial charge in [0.1, 0.15) is 4.32 Å². The van der Waals surface area contributed by atoms with Crippen molar-refractivity contribution < 1.29 is 4.79 Å². The van der Waals surface area contributed by atoms with Crippen LogP contribution in [0.25, 0.3) is 6.08 Å². The van der Waals surface area contributed by atoms with Gasteiger partial charge in [0.05, 0.1) is 4.91 Å². The summed E-state index contributed by atoms with van der Waals surface area (Å²) in [6, 6.07) is 7.83. The highest BCUT2D eigenvalue weighted by atomic mass is 79.9. The van der Waals surface area contributed by atoms with Gasteiger partial charge in [0.2, 0.25) is 0 Å². The molecule has 0 aromatic heterocycles. The third-order valence-electron chi connectivity index (χ3n) is 2.34. The van der Waals surface area contributed by atoms with E-state index in [1.807, 2.05) is 37.3 Å². The number of rotatable bonds is 2. The first kappa shape index (κ1) is 12.8. The molecule has 1 aliphatic heterocycles. The maximum Gasteiger partial charge on any atom is 0.266 e. The standard InChI is InChI=1S/C12H10BrNOS2/c1-2-14-11(15)10(17-12(14)16)7-8-4-3-5-9(13)6-8/h3-7H,2H2,1H3/b10-7-. The number of amides is 1. The molecule has 0 atom stereocenters. The average molecular weight is 328 g/mol. The Hall–Kier alpha value is -0.650. The van der Waals surface area contributed by atoms with Gasteiger partial charge >= 0.3 is 0 Å². The highest BCUT2D eigenvalue weighted by molar-refractivity contribution is 9.10. The van der Waals surface area contributed by atoms with Gasteiger partial charge in [0.15, 0.2) is 0 Å². The molecule has 88 valence electrons. The summed E-state index contributed by atoms with van der Waals surface area (Å²) in [7, 11) is 0. The maximum absolute atomic E-state index is 12.0. The van der Waals surface area contributed by atoms with Crippen LogP contribution in [0.1, 0.15) is 12.5 Å². The van der Waals surface area contributed by atoms with Gasteiger partial charge in [-0.3, -0.25) is 9.69 Å². The van der Waals surface area contributed by atoms with Crippen molar-refractivity contribution in [1.29, 1.82) is 0 Å². The van der Waals surface area contributed by atoms with Gasteiger partial charge in [-0.05, 0) is 30.7 Å². The Morgan fingerprint density at radius 1 is 1.53 bits per heavy atom. The predicted molar refractivity (Wildman–Crippen MR) is 79.7 cm³/mol. The van der Waals surface area contributed by atoms with Crippen LogP contribution < -0.4 is 0 Å². The number of likely N-dealkylation sites (N-methyl/N-ethyl adjacent to an activating group) is 1. The third kappa shape index (κ3) is 2.78. The lowest BCUT2D eigenvalue weighted by Crippen LogP contribution is -2.27. The zero-order chi connectivity index (χ0) is 12.4. The molecule has 2 nitrogen and oxygen atoms in total. The van der Waals surface area contributed by atoms with Crippen LogP contribution in [0.5, 0.6) is 0 Å². The molecule has 1 aromatic carbocycles. The van der Waals surface area contributed by atoms with Crippen molar-refractivity contribution in [3.63, 3.8) is 0 Å². The average Bonchev–Trinajstić information content (AvgIpc) is 2.54. The summed E-state index contributed by atoms with van der Waals surface area (Å²) in [5, 5.41) is 0. The van der Waals surface area contributed by atoms with Crippen molar-refractivity contribution in [3.05, 3.63) is 39.2 Å². The Balaban J connectivity index is 2.30. The van der Waals surface area contributed by atoms with Crippen LogP contribution in [0, 0.1) is 0 Å². The summed E-state index contributed by atoms with van der Waals surface area (Å²) in [6.07, 6.45) is 1.87. The first-order valence-corrected chi connectivity index (χ1v) is 7.14. The SMILES string of the molecule is CCN1C(=O)/C(=C/c2cccc(Br)c2)SC1=S. The molecule has 0 radical (unpaired) electrons. The molecule has 0 spiro atoms. The minimum atomic E-state index is 0.00229. The van der Waals surface area contributed by atoms with Crippen molar-refractivity contribution >= 4 is 56.2 Å². The highest BCUT2D eigenvalue weighted by Gasteiger charge is 2.30. The fraction of sp³-hybridized carbons (Fsp3) is 0.167. The van der Waals surface area contributed by atoms with Crippen LogP contribution in [0.3, 0.4) is 0 Å². The minimum Gasteiger partial charge on any atom is -0.293 e. The second-order valence-electron chi connectivity index (χ2n) is 3.48. The number of hydrogen-bond donors (Lipinski definition) is 0. The molecule has 2 rings (SSSR count). The van der Waals surface area contributed by atoms with Crippen LogP contribution >= 0.6 is 39.9 Å². The summed E-state index contributed by atoms with van der Waals surface area (Å²) in [6.45, 7) is 2.55. The van der Waals surface area contributed by atoms with Gasteiger partial charge in [-0.1, -0.05) is 52.0 Å². The number of benzene rings is 1. The summed E-state index contributed by atoms with van der Waals surface area (Å²) in [5.41, 5.74) is 0.996. The van der Waals surface area contributed by atoms with E-state index in [9.17, 15) is 4.79 Å². The van der Waals surface area contributed by atoms with Gasteiger partial charge in [0, 0.05) is 11.0 Å². The summed E-state index contributed by atoms with van der Waals surface area (Å²) >= 11 is 9.92. The number of halogens is 1. The molecule has 0 unspecified atom stereocenters. The Kier molecular flexibility index (Phi) is 4.01. The van der Waals surface area contributed by atoms with Gasteiger partial charge in [-0.15, -0.1) is 0 Å². The zero-order valence-electron chi connectivity index (χ0n) is 9.14. The largest absolute Gasteiger partial charge is 0.293 e. The van der Waals surface area contributed by atoms with Crippen LogP contribution in [0.15, 0.2) is 33.6 Å². The Morgan fingerprint density at radius 3 is 2.88 bits per heavy atom. The molecule has 0 N–H and O–H groups in total. The van der Waals surface area contributed by atoms with Crippen LogP contribution in [-0.2, 0) is 4.79 Å². The molecule has 1 amide bonds. The van der Waals surface area contributed by atoms with E-state index < -0.39 is 0 Å². The Labute approximate surface area is 118 Å². The van der Waals surface area contributed by atoms with Gasteiger partial charge in [-0.25, -0.2) is 0 Å². The van der Waals surface area contributed by atoms with Crippen molar-refractivity contribution in [3.8, 4) is 0 Å². The number of thiocarbonyl (C=S) groups is 1. The number of carbonyl (C=O) groups excluding carboxylic acids is 1. The zero-order valence-corrected chi connectivity index (χ0v) is 12.4. The lowest BCUT2D eigenvalue weighted by Gasteiger charge is -2.09. The fourth-order valence-corrected chi connectivity index (χ4v) is 3.32. The molecule has 5 heteroatoms. The molecule has 1 fully saturated rings. The molecule has 1 heterocycles.